The van der Waals surface area contributed by atoms with E-state index in [9.17, 15) is 9.18 Å². The smallest absolute Gasteiger partial charge is 0.257 e. The van der Waals surface area contributed by atoms with E-state index in [1.807, 2.05) is 24.0 Å². The molecule has 0 radical (unpaired) electrons. The maximum atomic E-state index is 13.9. The van der Waals surface area contributed by atoms with E-state index in [0.717, 1.165) is 43.6 Å². The van der Waals surface area contributed by atoms with Crippen LogP contribution in [0.2, 0.25) is 0 Å². The number of furan rings is 1. The van der Waals surface area contributed by atoms with Crippen LogP contribution in [0.3, 0.4) is 0 Å². The van der Waals surface area contributed by atoms with Crippen molar-refractivity contribution in [2.75, 3.05) is 13.1 Å². The van der Waals surface area contributed by atoms with Gasteiger partial charge in [-0.3, -0.25) is 14.7 Å². The summed E-state index contributed by atoms with van der Waals surface area (Å²) in [7, 11) is 0. The van der Waals surface area contributed by atoms with Crippen LogP contribution in [-0.4, -0.2) is 45.9 Å². The number of amides is 1. The third-order valence-electron chi connectivity index (χ3n) is 5.11. The van der Waals surface area contributed by atoms with Gasteiger partial charge in [-0.1, -0.05) is 0 Å². The van der Waals surface area contributed by atoms with Crippen molar-refractivity contribution in [3.05, 3.63) is 53.5 Å². The Balaban J connectivity index is 1.48. The quantitative estimate of drug-likeness (QED) is 0.868. The summed E-state index contributed by atoms with van der Waals surface area (Å²) >= 11 is 0. The van der Waals surface area contributed by atoms with Crippen LogP contribution in [0, 0.1) is 12.7 Å². The largest absolute Gasteiger partial charge is 0.465 e. The molecule has 0 unspecified atom stereocenters. The van der Waals surface area contributed by atoms with Crippen LogP contribution in [0.4, 0.5) is 4.39 Å². The molecule has 6 heteroatoms. The monoisotopic (exact) mass is 329 g/mol. The number of nitrogens with zero attached hydrogens (tertiary/aromatic N) is 3. The fourth-order valence-corrected chi connectivity index (χ4v) is 4.00. The first-order valence-electron chi connectivity index (χ1n) is 8.33. The molecule has 0 bridgehead atoms. The van der Waals surface area contributed by atoms with Crippen LogP contribution in [0.25, 0.3) is 0 Å². The van der Waals surface area contributed by atoms with Crippen molar-refractivity contribution in [1.82, 2.24) is 14.8 Å². The molecule has 4 heterocycles. The zero-order valence-corrected chi connectivity index (χ0v) is 13.6. The van der Waals surface area contributed by atoms with Crippen molar-refractivity contribution in [2.45, 2.75) is 38.4 Å². The van der Waals surface area contributed by atoms with Gasteiger partial charge < -0.3 is 9.32 Å². The van der Waals surface area contributed by atoms with Gasteiger partial charge in [0.2, 0.25) is 0 Å². The molecule has 2 aromatic rings. The van der Waals surface area contributed by atoms with E-state index < -0.39 is 5.82 Å². The fourth-order valence-electron chi connectivity index (χ4n) is 4.00. The average molecular weight is 329 g/mol. The summed E-state index contributed by atoms with van der Waals surface area (Å²) in [6, 6.07) is 5.92. The van der Waals surface area contributed by atoms with E-state index in [0.29, 0.717) is 12.6 Å². The van der Waals surface area contributed by atoms with Gasteiger partial charge in [0, 0.05) is 31.4 Å². The summed E-state index contributed by atoms with van der Waals surface area (Å²) in [5.74, 6) is 1.10. The molecule has 2 aromatic heterocycles. The van der Waals surface area contributed by atoms with Crippen LogP contribution >= 0.6 is 0 Å². The summed E-state index contributed by atoms with van der Waals surface area (Å²) in [6.45, 7) is 4.30. The second-order valence-corrected chi connectivity index (χ2v) is 6.55. The molecule has 4 rings (SSSR count). The van der Waals surface area contributed by atoms with Gasteiger partial charge >= 0.3 is 0 Å². The molecule has 5 nitrogen and oxygen atoms in total. The summed E-state index contributed by atoms with van der Waals surface area (Å²) < 4.78 is 19.5. The predicted octanol–water partition coefficient (Wildman–Crippen LogP) is 2.61. The molecule has 126 valence electrons. The van der Waals surface area contributed by atoms with E-state index in [1.54, 1.807) is 0 Å². The lowest BCUT2D eigenvalue weighted by molar-refractivity contribution is 0.0726. The Hall–Kier alpha value is -2.21. The lowest BCUT2D eigenvalue weighted by atomic mass is 10.1. The van der Waals surface area contributed by atoms with Crippen LogP contribution in [-0.2, 0) is 6.54 Å². The highest BCUT2D eigenvalue weighted by atomic mass is 19.1. The first kappa shape index (κ1) is 15.3. The van der Waals surface area contributed by atoms with Crippen LogP contribution in [0.15, 0.2) is 35.0 Å². The molecule has 0 aliphatic carbocycles. The van der Waals surface area contributed by atoms with E-state index in [1.165, 1.54) is 12.3 Å². The molecular formula is C18H20FN3O2. The van der Waals surface area contributed by atoms with Gasteiger partial charge in [-0.2, -0.15) is 0 Å². The van der Waals surface area contributed by atoms with Crippen LogP contribution < -0.4 is 0 Å². The minimum absolute atomic E-state index is 0.116. The minimum atomic E-state index is -0.549. The number of halogens is 1. The van der Waals surface area contributed by atoms with E-state index in [2.05, 4.69) is 9.88 Å². The average Bonchev–Trinajstić information content (AvgIpc) is 3.25. The summed E-state index contributed by atoms with van der Waals surface area (Å²) in [5, 5.41) is 0. The Morgan fingerprint density at radius 2 is 2.12 bits per heavy atom. The highest BCUT2D eigenvalue weighted by Gasteiger charge is 2.44. The molecule has 2 aliphatic heterocycles. The molecular weight excluding hydrogens is 309 g/mol. The van der Waals surface area contributed by atoms with Crippen LogP contribution in [0.5, 0.6) is 0 Å². The third kappa shape index (κ3) is 2.60. The Labute approximate surface area is 140 Å². The molecule has 24 heavy (non-hydrogen) atoms. The SMILES string of the molecule is Cc1ccc(CN2CC[C@@H]3[C@@H]2CCN3C(=O)c2ccncc2F)o1. The lowest BCUT2D eigenvalue weighted by Crippen LogP contribution is -2.39. The molecule has 2 aliphatic rings. The van der Waals surface area contributed by atoms with Gasteiger partial charge in [0.05, 0.1) is 18.3 Å². The maximum Gasteiger partial charge on any atom is 0.257 e. The van der Waals surface area contributed by atoms with Gasteiger partial charge in [-0.05, 0) is 38.0 Å². The van der Waals surface area contributed by atoms with Crippen molar-refractivity contribution < 1.29 is 13.6 Å². The van der Waals surface area contributed by atoms with Crippen molar-refractivity contribution in [3.63, 3.8) is 0 Å². The van der Waals surface area contributed by atoms with Gasteiger partial charge in [-0.15, -0.1) is 0 Å². The summed E-state index contributed by atoms with van der Waals surface area (Å²) in [6.07, 6.45) is 4.40. The lowest BCUT2D eigenvalue weighted by Gasteiger charge is -2.25. The first-order valence-corrected chi connectivity index (χ1v) is 8.33. The van der Waals surface area contributed by atoms with Gasteiger partial charge in [-0.25, -0.2) is 4.39 Å². The number of pyridine rings is 1. The standard InChI is InChI=1S/C18H20FN3O2/c1-12-2-3-13(24-12)11-21-8-5-17-16(21)6-9-22(17)18(23)14-4-7-20-10-15(14)19/h2-4,7,10,16-17H,5-6,8-9,11H2,1H3/t16-,17+/m0/s1. The second-order valence-electron chi connectivity index (χ2n) is 6.55. The molecule has 2 atom stereocenters. The maximum absolute atomic E-state index is 13.9. The molecule has 1 amide bonds. The predicted molar refractivity (Wildman–Crippen MR) is 85.9 cm³/mol. The fraction of sp³-hybridized carbons (Fsp3) is 0.444. The van der Waals surface area contributed by atoms with E-state index >= 15 is 0 Å². The van der Waals surface area contributed by atoms with E-state index in [4.69, 9.17) is 4.42 Å². The summed E-state index contributed by atoms with van der Waals surface area (Å²) in [4.78, 5) is 20.6. The van der Waals surface area contributed by atoms with Crippen molar-refractivity contribution in [1.29, 1.82) is 0 Å². The Morgan fingerprint density at radius 3 is 2.88 bits per heavy atom. The number of likely N-dealkylation sites (tertiary alicyclic amines) is 2. The zero-order valence-electron chi connectivity index (χ0n) is 13.6. The molecule has 0 N–H and O–H groups in total. The highest BCUT2D eigenvalue weighted by Crippen LogP contribution is 2.34. The second kappa shape index (κ2) is 6.02. The van der Waals surface area contributed by atoms with Crippen molar-refractivity contribution in [2.24, 2.45) is 0 Å². The van der Waals surface area contributed by atoms with E-state index in [-0.39, 0.29) is 17.5 Å². The number of carbonyl (C=O) groups excluding carboxylic acids is 1. The minimum Gasteiger partial charge on any atom is -0.465 e. The molecule has 2 saturated heterocycles. The Morgan fingerprint density at radius 1 is 1.29 bits per heavy atom. The number of fused-ring (bicyclic) bond motifs is 1. The molecule has 0 aromatic carbocycles. The van der Waals surface area contributed by atoms with Crippen molar-refractivity contribution >= 4 is 5.91 Å². The molecule has 0 spiro atoms. The number of rotatable bonds is 3. The molecule has 2 fully saturated rings. The summed E-state index contributed by atoms with van der Waals surface area (Å²) in [5.41, 5.74) is 0.116. The normalized spacial score (nSPS) is 23.7. The number of aryl methyl sites for hydroxylation is 1. The molecule has 0 saturated carbocycles. The first-order chi connectivity index (χ1) is 11.6. The Kier molecular flexibility index (Phi) is 3.84. The number of aromatic nitrogens is 1. The Bertz CT molecular complexity index is 760. The van der Waals surface area contributed by atoms with Crippen molar-refractivity contribution in [3.8, 4) is 0 Å². The highest BCUT2D eigenvalue weighted by molar-refractivity contribution is 5.94. The van der Waals surface area contributed by atoms with Gasteiger partial charge in [0.25, 0.3) is 5.91 Å². The number of carbonyl (C=O) groups is 1. The van der Waals surface area contributed by atoms with Gasteiger partial charge in [0.15, 0.2) is 5.82 Å². The topological polar surface area (TPSA) is 49.6 Å². The number of hydrogen-bond acceptors (Lipinski definition) is 4. The van der Waals surface area contributed by atoms with Crippen LogP contribution in [0.1, 0.15) is 34.7 Å². The third-order valence-corrected chi connectivity index (χ3v) is 5.11. The van der Waals surface area contributed by atoms with Gasteiger partial charge in [0.1, 0.15) is 11.5 Å². The zero-order chi connectivity index (χ0) is 16.7. The number of hydrogen-bond donors (Lipinski definition) is 0.